The van der Waals surface area contributed by atoms with Gasteiger partial charge in [0.25, 0.3) is 11.8 Å². The van der Waals surface area contributed by atoms with Gasteiger partial charge in [0, 0.05) is 48.8 Å². The van der Waals surface area contributed by atoms with Gasteiger partial charge in [0.15, 0.2) is 11.6 Å². The number of carbonyl (C=O) groups excluding carboxylic acids is 2. The van der Waals surface area contributed by atoms with Crippen molar-refractivity contribution in [3.63, 3.8) is 0 Å². The molecule has 3 heterocycles. The molecular weight excluding hydrogens is 567 g/mol. The zero-order chi connectivity index (χ0) is 30.0. The highest BCUT2D eigenvalue weighted by Crippen LogP contribution is 2.37. The van der Waals surface area contributed by atoms with E-state index in [4.69, 9.17) is 9.47 Å². The monoisotopic (exact) mass is 592 g/mol. The highest BCUT2D eigenvalue weighted by Gasteiger charge is 2.46. The van der Waals surface area contributed by atoms with Gasteiger partial charge in [0.2, 0.25) is 0 Å². The minimum Gasteiger partial charge on any atom is -0.497 e. The second-order valence-electron chi connectivity index (χ2n) is 9.49. The first-order chi connectivity index (χ1) is 20.2. The van der Waals surface area contributed by atoms with Crippen LogP contribution in [0.4, 0.5) is 33.6 Å². The molecule has 0 aliphatic carbocycles. The zero-order valence-corrected chi connectivity index (χ0v) is 22.2. The molecule has 1 N–H and O–H groups in total. The Morgan fingerprint density at radius 2 is 1.67 bits per heavy atom. The van der Waals surface area contributed by atoms with E-state index < -0.39 is 59.9 Å². The maximum absolute atomic E-state index is 15.2. The second-order valence-corrected chi connectivity index (χ2v) is 9.49. The SMILES string of the molecule is COc1cc(F)c([C@@H]2CN(c3nc(N4CCOCC4)ccc3F)C(=O)C2NC(=O)c2ccc(OC(F)F)cc2)c(F)c1. The Kier molecular flexibility index (Phi) is 8.43. The molecule has 3 aromatic rings. The van der Waals surface area contributed by atoms with E-state index in [1.807, 2.05) is 4.90 Å². The highest BCUT2D eigenvalue weighted by atomic mass is 19.3. The van der Waals surface area contributed by atoms with E-state index in [0.717, 1.165) is 35.2 Å². The van der Waals surface area contributed by atoms with Crippen molar-refractivity contribution in [2.75, 3.05) is 49.8 Å². The Morgan fingerprint density at radius 3 is 2.29 bits per heavy atom. The number of aromatic nitrogens is 1. The minimum atomic E-state index is -3.07. The van der Waals surface area contributed by atoms with Crippen LogP contribution in [0.3, 0.4) is 0 Å². The van der Waals surface area contributed by atoms with Gasteiger partial charge in [-0.2, -0.15) is 8.78 Å². The van der Waals surface area contributed by atoms with Crippen LogP contribution in [0, 0.1) is 17.5 Å². The first-order valence-corrected chi connectivity index (χ1v) is 12.9. The smallest absolute Gasteiger partial charge is 0.387 e. The summed E-state index contributed by atoms with van der Waals surface area (Å²) < 4.78 is 85.1. The number of amides is 2. The first-order valence-electron chi connectivity index (χ1n) is 12.9. The molecule has 0 saturated carbocycles. The number of pyridine rings is 1. The lowest BCUT2D eigenvalue weighted by Gasteiger charge is -2.28. The van der Waals surface area contributed by atoms with Crippen molar-refractivity contribution in [1.82, 2.24) is 10.3 Å². The molecule has 14 heteroatoms. The molecule has 1 aromatic heterocycles. The fraction of sp³-hybridized carbons (Fsp3) is 0.321. The number of methoxy groups -OCH3 is 1. The van der Waals surface area contributed by atoms with Crippen molar-refractivity contribution >= 4 is 23.5 Å². The van der Waals surface area contributed by atoms with Gasteiger partial charge in [-0.15, -0.1) is 0 Å². The fourth-order valence-corrected chi connectivity index (χ4v) is 4.97. The molecule has 2 aliphatic rings. The Balaban J connectivity index is 1.49. The number of hydrogen-bond acceptors (Lipinski definition) is 7. The number of anilines is 2. The molecule has 2 amide bonds. The van der Waals surface area contributed by atoms with E-state index >= 15 is 13.2 Å². The van der Waals surface area contributed by atoms with Gasteiger partial charge in [-0.3, -0.25) is 14.5 Å². The van der Waals surface area contributed by atoms with Crippen LogP contribution in [-0.4, -0.2) is 69.4 Å². The number of alkyl halides is 2. The summed E-state index contributed by atoms with van der Waals surface area (Å²) in [6.07, 6.45) is 0. The number of halogens is 5. The van der Waals surface area contributed by atoms with E-state index in [9.17, 15) is 18.4 Å². The van der Waals surface area contributed by atoms with Crippen molar-refractivity contribution in [2.45, 2.75) is 18.6 Å². The van der Waals surface area contributed by atoms with E-state index in [0.29, 0.717) is 32.1 Å². The molecule has 0 bridgehead atoms. The highest BCUT2D eigenvalue weighted by molar-refractivity contribution is 6.04. The maximum atomic E-state index is 15.2. The normalized spacial score (nSPS) is 18.9. The van der Waals surface area contributed by atoms with Crippen molar-refractivity contribution in [1.29, 1.82) is 0 Å². The van der Waals surface area contributed by atoms with Crippen molar-refractivity contribution < 1.29 is 45.8 Å². The van der Waals surface area contributed by atoms with Crippen LogP contribution in [-0.2, 0) is 9.53 Å². The van der Waals surface area contributed by atoms with E-state index in [-0.39, 0.29) is 22.9 Å². The lowest BCUT2D eigenvalue weighted by atomic mass is 9.92. The molecule has 2 aliphatic heterocycles. The number of nitrogens with zero attached hydrogens (tertiary/aromatic N) is 3. The second kappa shape index (κ2) is 12.2. The Morgan fingerprint density at radius 1 is 1.00 bits per heavy atom. The summed E-state index contributed by atoms with van der Waals surface area (Å²) in [6.45, 7) is -1.66. The predicted molar refractivity (Wildman–Crippen MR) is 140 cm³/mol. The largest absolute Gasteiger partial charge is 0.497 e. The van der Waals surface area contributed by atoms with Crippen LogP contribution in [0.15, 0.2) is 48.5 Å². The van der Waals surface area contributed by atoms with Crippen molar-refractivity contribution in [3.05, 3.63) is 77.1 Å². The lowest BCUT2D eigenvalue weighted by Crippen LogP contribution is -2.44. The molecule has 5 rings (SSSR count). The van der Waals surface area contributed by atoms with E-state index in [2.05, 4.69) is 15.0 Å². The number of hydrogen-bond donors (Lipinski definition) is 1. The molecule has 0 radical (unpaired) electrons. The van der Waals surface area contributed by atoms with Gasteiger partial charge >= 0.3 is 6.61 Å². The summed E-state index contributed by atoms with van der Waals surface area (Å²) in [4.78, 5) is 33.9. The van der Waals surface area contributed by atoms with Crippen LogP contribution in [0.1, 0.15) is 21.8 Å². The third-order valence-electron chi connectivity index (χ3n) is 7.00. The van der Waals surface area contributed by atoms with Crippen molar-refractivity contribution in [2.24, 2.45) is 0 Å². The number of rotatable bonds is 8. The average Bonchev–Trinajstić information content (AvgIpc) is 3.28. The van der Waals surface area contributed by atoms with Crippen molar-refractivity contribution in [3.8, 4) is 11.5 Å². The molecular formula is C28H25F5N4O5. The third kappa shape index (κ3) is 5.93. The molecule has 2 aromatic carbocycles. The van der Waals surface area contributed by atoms with Gasteiger partial charge in [-0.25, -0.2) is 18.2 Å². The molecule has 222 valence electrons. The van der Waals surface area contributed by atoms with E-state index in [1.54, 1.807) is 0 Å². The number of carbonyl (C=O) groups is 2. The Labute approximate surface area is 236 Å². The Bertz CT molecular complexity index is 1450. The van der Waals surface area contributed by atoms with Crippen LogP contribution in [0.5, 0.6) is 11.5 Å². The van der Waals surface area contributed by atoms with E-state index in [1.165, 1.54) is 25.3 Å². The topological polar surface area (TPSA) is 93.2 Å². The molecule has 2 atom stereocenters. The van der Waals surface area contributed by atoms with Gasteiger partial charge in [-0.1, -0.05) is 0 Å². The van der Waals surface area contributed by atoms with Gasteiger partial charge in [0.05, 0.1) is 20.3 Å². The number of benzene rings is 2. The number of morpholine rings is 1. The van der Waals surface area contributed by atoms with Gasteiger partial charge in [-0.05, 0) is 36.4 Å². The number of nitrogens with one attached hydrogen (secondary N) is 1. The molecule has 9 nitrogen and oxygen atoms in total. The Hall–Kier alpha value is -4.46. The maximum Gasteiger partial charge on any atom is 0.387 e. The zero-order valence-electron chi connectivity index (χ0n) is 22.2. The standard InChI is InChI=1S/C28H25F5N4O5/c1-40-17-12-20(30)23(21(31)13-17)18-14-37(25-19(29)6-7-22(34-25)36-8-10-41-11-9-36)27(39)24(18)35-26(38)15-2-4-16(5-3-15)42-28(32)33/h2-7,12-13,18,24,28H,8-11,14H2,1H3,(H,35,38)/t18-,24?/m0/s1. The summed E-state index contributed by atoms with van der Waals surface area (Å²) >= 11 is 0. The van der Waals surface area contributed by atoms with Crippen LogP contribution >= 0.6 is 0 Å². The summed E-state index contributed by atoms with van der Waals surface area (Å²) in [5.74, 6) is -6.21. The third-order valence-corrected chi connectivity index (χ3v) is 7.00. The molecule has 2 fully saturated rings. The lowest BCUT2D eigenvalue weighted by molar-refractivity contribution is -0.118. The fourth-order valence-electron chi connectivity index (χ4n) is 4.97. The van der Waals surface area contributed by atoms with Crippen LogP contribution < -0.4 is 24.6 Å². The molecule has 2 saturated heterocycles. The summed E-state index contributed by atoms with van der Waals surface area (Å²) in [5, 5.41) is 2.47. The number of ether oxygens (including phenoxy) is 3. The summed E-state index contributed by atoms with van der Waals surface area (Å²) in [5.41, 5.74) is -0.557. The average molecular weight is 593 g/mol. The molecule has 1 unspecified atom stereocenters. The summed E-state index contributed by atoms with van der Waals surface area (Å²) in [7, 11) is 1.23. The quantitative estimate of drug-likeness (QED) is 0.397. The molecule has 0 spiro atoms. The minimum absolute atomic E-state index is 0.0455. The van der Waals surface area contributed by atoms with Gasteiger partial charge < -0.3 is 24.4 Å². The van der Waals surface area contributed by atoms with Crippen LogP contribution in [0.2, 0.25) is 0 Å². The predicted octanol–water partition coefficient (Wildman–Crippen LogP) is 3.87. The first kappa shape index (κ1) is 29.0. The van der Waals surface area contributed by atoms with Crippen LogP contribution in [0.25, 0.3) is 0 Å². The molecule has 42 heavy (non-hydrogen) atoms. The van der Waals surface area contributed by atoms with Gasteiger partial charge in [0.1, 0.15) is 35.0 Å². The summed E-state index contributed by atoms with van der Waals surface area (Å²) in [6, 6.07) is 7.53.